The van der Waals surface area contributed by atoms with Gasteiger partial charge in [-0.15, -0.1) is 0 Å². The van der Waals surface area contributed by atoms with Crippen LogP contribution in [0.4, 0.5) is 0 Å². The molecule has 3 N–H and O–H groups in total. The Bertz CT molecular complexity index is 134. The van der Waals surface area contributed by atoms with E-state index in [1.807, 2.05) is 13.8 Å². The average Bonchev–Trinajstić information content (AvgIpc) is 1.96. The highest BCUT2D eigenvalue weighted by molar-refractivity contribution is 5.70. The summed E-state index contributed by atoms with van der Waals surface area (Å²) in [6.07, 6.45) is 2.60. The molecule has 0 aliphatic carbocycles. The van der Waals surface area contributed by atoms with Crippen LogP contribution >= 0.6 is 0 Å². The van der Waals surface area contributed by atoms with Crippen LogP contribution in [0.15, 0.2) is 0 Å². The summed E-state index contributed by atoms with van der Waals surface area (Å²) in [5, 5.41) is 8.81. The summed E-state index contributed by atoms with van der Waals surface area (Å²) >= 11 is 0. The van der Waals surface area contributed by atoms with Gasteiger partial charge in [-0.25, -0.2) is 0 Å². The lowest BCUT2D eigenvalue weighted by molar-refractivity contribution is -0.143. The van der Waals surface area contributed by atoms with E-state index < -0.39 is 5.97 Å². The summed E-state index contributed by atoms with van der Waals surface area (Å²) in [7, 11) is 0. The number of carbonyl (C=O) groups is 1. The van der Waals surface area contributed by atoms with Crippen molar-refractivity contribution in [3.8, 4) is 0 Å². The third-order valence-electron chi connectivity index (χ3n) is 2.09. The monoisotopic (exact) mass is 173 g/mol. The molecule has 0 amide bonds. The Kier molecular flexibility index (Phi) is 5.72. The minimum atomic E-state index is -0.679. The second kappa shape index (κ2) is 6.00. The molecule has 0 aliphatic rings. The maximum absolute atomic E-state index is 10.7. The van der Waals surface area contributed by atoms with Gasteiger partial charge in [0.15, 0.2) is 0 Å². The largest absolute Gasteiger partial charge is 0.481 e. The molecular formula is C9H19NO2. The van der Waals surface area contributed by atoms with Crippen molar-refractivity contribution in [2.75, 3.05) is 6.54 Å². The van der Waals surface area contributed by atoms with E-state index in [9.17, 15) is 4.79 Å². The first kappa shape index (κ1) is 11.4. The smallest absolute Gasteiger partial charge is 0.306 e. The van der Waals surface area contributed by atoms with Crippen LogP contribution in [-0.2, 0) is 4.79 Å². The van der Waals surface area contributed by atoms with E-state index in [0.29, 0.717) is 6.54 Å². The van der Waals surface area contributed by atoms with Gasteiger partial charge in [-0.3, -0.25) is 4.79 Å². The molecule has 0 aromatic heterocycles. The Balaban J connectivity index is 3.72. The van der Waals surface area contributed by atoms with E-state index in [4.69, 9.17) is 10.8 Å². The Morgan fingerprint density at radius 1 is 1.42 bits per heavy atom. The quantitative estimate of drug-likeness (QED) is 0.598. The molecule has 1 atom stereocenters. The molecule has 3 nitrogen and oxygen atoms in total. The van der Waals surface area contributed by atoms with Gasteiger partial charge in [0.1, 0.15) is 0 Å². The van der Waals surface area contributed by atoms with Crippen molar-refractivity contribution in [1.29, 1.82) is 0 Å². The zero-order valence-corrected chi connectivity index (χ0v) is 7.92. The van der Waals surface area contributed by atoms with Gasteiger partial charge in [0.2, 0.25) is 0 Å². The Labute approximate surface area is 74.0 Å². The third-order valence-corrected chi connectivity index (χ3v) is 2.09. The van der Waals surface area contributed by atoms with E-state index in [-0.39, 0.29) is 11.8 Å². The van der Waals surface area contributed by atoms with Gasteiger partial charge >= 0.3 is 5.97 Å². The van der Waals surface area contributed by atoms with Crippen LogP contribution in [0.25, 0.3) is 0 Å². The predicted molar refractivity (Wildman–Crippen MR) is 48.9 cm³/mol. The molecule has 0 fully saturated rings. The maximum Gasteiger partial charge on any atom is 0.306 e. The van der Waals surface area contributed by atoms with Gasteiger partial charge in [0.05, 0.1) is 5.92 Å². The lowest BCUT2D eigenvalue weighted by Crippen LogP contribution is -2.19. The fourth-order valence-corrected chi connectivity index (χ4v) is 1.25. The van der Waals surface area contributed by atoms with Crippen molar-refractivity contribution < 1.29 is 9.90 Å². The zero-order valence-electron chi connectivity index (χ0n) is 7.92. The summed E-state index contributed by atoms with van der Waals surface area (Å²) in [6, 6.07) is 0. The minimum Gasteiger partial charge on any atom is -0.481 e. The number of carboxylic acids is 1. The molecule has 0 spiro atoms. The molecule has 0 aliphatic heterocycles. The molecular weight excluding hydrogens is 154 g/mol. The summed E-state index contributed by atoms with van der Waals surface area (Å²) in [5.74, 6) is -0.654. The van der Waals surface area contributed by atoms with Crippen molar-refractivity contribution in [3.63, 3.8) is 0 Å². The first-order valence-corrected chi connectivity index (χ1v) is 4.52. The molecule has 0 rings (SSSR count). The van der Waals surface area contributed by atoms with Gasteiger partial charge in [0, 0.05) is 0 Å². The van der Waals surface area contributed by atoms with Crippen LogP contribution in [0.5, 0.6) is 0 Å². The molecule has 1 unspecified atom stereocenters. The van der Waals surface area contributed by atoms with Crippen LogP contribution in [0, 0.1) is 11.8 Å². The highest BCUT2D eigenvalue weighted by Gasteiger charge is 2.20. The van der Waals surface area contributed by atoms with Gasteiger partial charge in [-0.1, -0.05) is 20.3 Å². The lowest BCUT2D eigenvalue weighted by atomic mass is 9.91. The Morgan fingerprint density at radius 2 is 2.00 bits per heavy atom. The number of aliphatic carboxylic acids is 1. The summed E-state index contributed by atoms with van der Waals surface area (Å²) in [6.45, 7) is 4.55. The van der Waals surface area contributed by atoms with E-state index >= 15 is 0 Å². The molecule has 0 heterocycles. The van der Waals surface area contributed by atoms with E-state index in [0.717, 1.165) is 19.3 Å². The Hall–Kier alpha value is -0.570. The lowest BCUT2D eigenvalue weighted by Gasteiger charge is -2.15. The fraction of sp³-hybridized carbons (Fsp3) is 0.889. The molecule has 72 valence electrons. The SMILES string of the molecule is CC(C)C(CCCCN)C(=O)O. The summed E-state index contributed by atoms with van der Waals surface area (Å²) < 4.78 is 0. The minimum absolute atomic E-state index is 0.198. The number of rotatable bonds is 6. The van der Waals surface area contributed by atoms with Crippen LogP contribution in [0.1, 0.15) is 33.1 Å². The standard InChI is InChI=1S/C9H19NO2/c1-7(2)8(9(11)12)5-3-4-6-10/h7-8H,3-6,10H2,1-2H3,(H,11,12). The highest BCUT2D eigenvalue weighted by atomic mass is 16.4. The molecule has 3 heteroatoms. The van der Waals surface area contributed by atoms with Gasteiger partial charge in [-0.2, -0.15) is 0 Å². The van der Waals surface area contributed by atoms with Gasteiger partial charge in [0.25, 0.3) is 0 Å². The summed E-state index contributed by atoms with van der Waals surface area (Å²) in [5.41, 5.74) is 5.32. The zero-order chi connectivity index (χ0) is 9.56. The van der Waals surface area contributed by atoms with Crippen molar-refractivity contribution in [2.24, 2.45) is 17.6 Å². The highest BCUT2D eigenvalue weighted by Crippen LogP contribution is 2.17. The fourth-order valence-electron chi connectivity index (χ4n) is 1.25. The molecule has 0 bridgehead atoms. The molecule has 0 aromatic rings. The van der Waals surface area contributed by atoms with Crippen molar-refractivity contribution in [2.45, 2.75) is 33.1 Å². The van der Waals surface area contributed by atoms with Crippen LogP contribution in [0.2, 0.25) is 0 Å². The first-order chi connectivity index (χ1) is 5.59. The number of hydrogen-bond donors (Lipinski definition) is 2. The van der Waals surface area contributed by atoms with E-state index in [1.54, 1.807) is 0 Å². The second-order valence-electron chi connectivity index (χ2n) is 3.47. The molecule has 0 aromatic carbocycles. The topological polar surface area (TPSA) is 63.3 Å². The first-order valence-electron chi connectivity index (χ1n) is 4.52. The van der Waals surface area contributed by atoms with Crippen LogP contribution in [0.3, 0.4) is 0 Å². The van der Waals surface area contributed by atoms with Crippen molar-refractivity contribution in [3.05, 3.63) is 0 Å². The maximum atomic E-state index is 10.7. The Morgan fingerprint density at radius 3 is 2.33 bits per heavy atom. The number of unbranched alkanes of at least 4 members (excludes halogenated alkanes) is 1. The normalized spacial score (nSPS) is 13.3. The molecule has 0 saturated carbocycles. The van der Waals surface area contributed by atoms with Crippen LogP contribution < -0.4 is 5.73 Å². The van der Waals surface area contributed by atoms with Crippen molar-refractivity contribution >= 4 is 5.97 Å². The van der Waals surface area contributed by atoms with E-state index in [2.05, 4.69) is 0 Å². The van der Waals surface area contributed by atoms with Crippen molar-refractivity contribution in [1.82, 2.24) is 0 Å². The average molecular weight is 173 g/mol. The number of carboxylic acid groups (broad SMARTS) is 1. The molecule has 0 radical (unpaired) electrons. The molecule has 0 saturated heterocycles. The van der Waals surface area contributed by atoms with E-state index in [1.165, 1.54) is 0 Å². The van der Waals surface area contributed by atoms with Gasteiger partial charge in [-0.05, 0) is 25.3 Å². The van der Waals surface area contributed by atoms with Crippen LogP contribution in [-0.4, -0.2) is 17.6 Å². The number of hydrogen-bond acceptors (Lipinski definition) is 2. The summed E-state index contributed by atoms with van der Waals surface area (Å²) in [4.78, 5) is 10.7. The third kappa shape index (κ3) is 4.34. The second-order valence-corrected chi connectivity index (χ2v) is 3.47. The molecule has 12 heavy (non-hydrogen) atoms. The number of nitrogens with two attached hydrogens (primary N) is 1. The predicted octanol–water partition coefficient (Wildman–Crippen LogP) is 1.47. The van der Waals surface area contributed by atoms with Gasteiger partial charge < -0.3 is 10.8 Å².